The van der Waals surface area contributed by atoms with Crippen LogP contribution in [0.5, 0.6) is 11.5 Å². The lowest BCUT2D eigenvalue weighted by atomic mass is 10.1. The number of fused-ring (bicyclic) bond motifs is 1. The maximum Gasteiger partial charge on any atom is 0.416 e. The number of alkyl halides is 3. The Bertz CT molecular complexity index is 1540. The Kier molecular flexibility index (Phi) is 7.06. The maximum absolute atomic E-state index is 13.3. The number of benzene rings is 3. The third kappa shape index (κ3) is 5.23. The summed E-state index contributed by atoms with van der Waals surface area (Å²) in [6, 6.07) is 16.2. The van der Waals surface area contributed by atoms with Gasteiger partial charge in [-0.3, -0.25) is 4.79 Å². The molecule has 0 bridgehead atoms. The maximum atomic E-state index is 13.3. The van der Waals surface area contributed by atoms with Gasteiger partial charge in [-0.25, -0.2) is 4.98 Å². The van der Waals surface area contributed by atoms with Crippen molar-refractivity contribution >= 4 is 17.1 Å². The minimum atomic E-state index is -4.56. The molecule has 1 heterocycles. The second-order valence-electron chi connectivity index (χ2n) is 7.52. The van der Waals surface area contributed by atoms with Gasteiger partial charge < -0.3 is 9.47 Å². The normalized spacial score (nSPS) is 11.5. The van der Waals surface area contributed by atoms with Gasteiger partial charge in [-0.2, -0.15) is 22.9 Å². The second-order valence-corrected chi connectivity index (χ2v) is 7.52. The molecular weight excluding hydrogens is 471 g/mol. The molecule has 4 aromatic rings. The highest BCUT2D eigenvalue weighted by Crippen LogP contribution is 2.32. The Labute approximate surface area is 204 Å². The summed E-state index contributed by atoms with van der Waals surface area (Å²) in [7, 11) is 0. The lowest BCUT2D eigenvalue weighted by molar-refractivity contribution is -0.137. The molecular formula is C27H20F3N3O3. The van der Waals surface area contributed by atoms with Gasteiger partial charge in [0.15, 0.2) is 17.3 Å². The fourth-order valence-corrected chi connectivity index (χ4v) is 3.49. The Balaban J connectivity index is 1.84. The van der Waals surface area contributed by atoms with E-state index in [-0.39, 0.29) is 23.4 Å². The van der Waals surface area contributed by atoms with Crippen molar-refractivity contribution in [1.29, 1.82) is 0 Å². The molecule has 0 amide bonds. The highest BCUT2D eigenvalue weighted by Gasteiger charge is 2.31. The van der Waals surface area contributed by atoms with E-state index in [9.17, 15) is 18.0 Å². The highest BCUT2D eigenvalue weighted by molar-refractivity contribution is 5.82. The number of terminal acetylenes is 1. The van der Waals surface area contributed by atoms with Crippen LogP contribution in [0.25, 0.3) is 22.3 Å². The standard InChI is InChI=1S/C27H20F3N3O3/c1-3-14-36-23-13-12-18(15-24(23)35-4-2)17-31-33-25(19-8-7-9-20(16-19)27(28,29)30)32-22-11-6-5-10-21(22)26(33)34/h1,5-13,15-17H,4,14H2,2H3. The van der Waals surface area contributed by atoms with Gasteiger partial charge in [0.05, 0.1) is 29.3 Å². The van der Waals surface area contributed by atoms with Crippen molar-refractivity contribution in [3.63, 3.8) is 0 Å². The third-order valence-corrected chi connectivity index (χ3v) is 5.10. The first-order valence-electron chi connectivity index (χ1n) is 10.9. The molecule has 4 rings (SSSR count). The topological polar surface area (TPSA) is 65.7 Å². The van der Waals surface area contributed by atoms with Gasteiger partial charge in [-0.05, 0) is 55.0 Å². The SMILES string of the molecule is C#CCOc1ccc(C=Nn2c(-c3cccc(C(F)(F)F)c3)nc3ccccc3c2=O)cc1OCC. The van der Waals surface area contributed by atoms with Crippen LogP contribution in [-0.4, -0.2) is 29.1 Å². The van der Waals surface area contributed by atoms with Crippen LogP contribution in [-0.2, 0) is 6.18 Å². The molecule has 0 aliphatic rings. The minimum absolute atomic E-state index is 0.0277. The summed E-state index contributed by atoms with van der Waals surface area (Å²) >= 11 is 0. The van der Waals surface area contributed by atoms with E-state index < -0.39 is 17.3 Å². The van der Waals surface area contributed by atoms with E-state index >= 15 is 0 Å². The highest BCUT2D eigenvalue weighted by atomic mass is 19.4. The van der Waals surface area contributed by atoms with E-state index in [0.29, 0.717) is 29.2 Å². The summed E-state index contributed by atoms with van der Waals surface area (Å²) in [5.74, 6) is 3.23. The molecule has 0 unspecified atom stereocenters. The second kappa shape index (κ2) is 10.4. The fraction of sp³-hybridized carbons (Fsp3) is 0.148. The molecule has 0 aliphatic carbocycles. The summed E-state index contributed by atoms with van der Waals surface area (Å²) in [6.45, 7) is 2.25. The molecule has 0 atom stereocenters. The number of para-hydroxylation sites is 1. The molecule has 0 saturated heterocycles. The van der Waals surface area contributed by atoms with Crippen molar-refractivity contribution < 1.29 is 22.6 Å². The Morgan fingerprint density at radius 2 is 1.86 bits per heavy atom. The number of ether oxygens (including phenoxy) is 2. The van der Waals surface area contributed by atoms with Gasteiger partial charge >= 0.3 is 6.18 Å². The average Bonchev–Trinajstić information content (AvgIpc) is 2.87. The molecule has 0 radical (unpaired) electrons. The predicted molar refractivity (Wildman–Crippen MR) is 131 cm³/mol. The smallest absolute Gasteiger partial charge is 0.416 e. The van der Waals surface area contributed by atoms with Gasteiger partial charge in [0.25, 0.3) is 5.56 Å². The molecule has 1 aromatic heterocycles. The lowest BCUT2D eigenvalue weighted by Crippen LogP contribution is -2.20. The van der Waals surface area contributed by atoms with Crippen molar-refractivity contribution in [1.82, 2.24) is 9.66 Å². The molecule has 0 aliphatic heterocycles. The van der Waals surface area contributed by atoms with Crippen LogP contribution in [0.1, 0.15) is 18.1 Å². The molecule has 6 nitrogen and oxygen atoms in total. The van der Waals surface area contributed by atoms with E-state index in [0.717, 1.165) is 16.8 Å². The van der Waals surface area contributed by atoms with Crippen molar-refractivity contribution in [2.24, 2.45) is 5.10 Å². The zero-order valence-electron chi connectivity index (χ0n) is 19.1. The number of hydrogen-bond donors (Lipinski definition) is 0. The number of hydrogen-bond acceptors (Lipinski definition) is 5. The van der Waals surface area contributed by atoms with Gasteiger partial charge in [0.2, 0.25) is 0 Å². The van der Waals surface area contributed by atoms with Gasteiger partial charge in [0, 0.05) is 5.56 Å². The van der Waals surface area contributed by atoms with Crippen LogP contribution in [0.4, 0.5) is 13.2 Å². The van der Waals surface area contributed by atoms with E-state index in [1.807, 2.05) is 6.92 Å². The minimum Gasteiger partial charge on any atom is -0.490 e. The van der Waals surface area contributed by atoms with Crippen LogP contribution >= 0.6 is 0 Å². The van der Waals surface area contributed by atoms with E-state index in [2.05, 4.69) is 16.0 Å². The number of halogens is 3. The zero-order valence-corrected chi connectivity index (χ0v) is 19.1. The van der Waals surface area contributed by atoms with Crippen molar-refractivity contribution in [3.8, 4) is 35.2 Å². The van der Waals surface area contributed by atoms with Crippen LogP contribution in [0, 0.1) is 12.3 Å². The van der Waals surface area contributed by atoms with Gasteiger partial charge in [-0.15, -0.1) is 6.42 Å². The summed E-state index contributed by atoms with van der Waals surface area (Å²) in [5, 5.41) is 4.57. The lowest BCUT2D eigenvalue weighted by Gasteiger charge is -2.12. The van der Waals surface area contributed by atoms with Crippen LogP contribution in [0.2, 0.25) is 0 Å². The predicted octanol–water partition coefficient (Wildman–Crippen LogP) is 5.38. The molecule has 0 saturated carbocycles. The monoisotopic (exact) mass is 491 g/mol. The Hall–Kier alpha value is -4.58. The number of aromatic nitrogens is 2. The zero-order chi connectivity index (χ0) is 25.7. The van der Waals surface area contributed by atoms with Crippen LogP contribution < -0.4 is 15.0 Å². The molecule has 0 fully saturated rings. The molecule has 3 aromatic carbocycles. The average molecular weight is 491 g/mol. The Morgan fingerprint density at radius 1 is 1.06 bits per heavy atom. The van der Waals surface area contributed by atoms with Crippen LogP contribution in [0.3, 0.4) is 0 Å². The number of nitrogens with zero attached hydrogens (tertiary/aromatic N) is 3. The summed E-state index contributed by atoms with van der Waals surface area (Å²) in [4.78, 5) is 17.7. The summed E-state index contributed by atoms with van der Waals surface area (Å²) in [6.07, 6.45) is 2.09. The number of rotatable bonds is 7. The van der Waals surface area contributed by atoms with Crippen molar-refractivity contribution in [2.75, 3.05) is 13.2 Å². The first-order valence-corrected chi connectivity index (χ1v) is 10.9. The first kappa shape index (κ1) is 24.5. The molecule has 182 valence electrons. The summed E-state index contributed by atoms with van der Waals surface area (Å²) < 4.78 is 52.1. The summed E-state index contributed by atoms with van der Waals surface area (Å²) in [5.41, 5.74) is -0.389. The van der Waals surface area contributed by atoms with E-state index in [4.69, 9.17) is 15.9 Å². The van der Waals surface area contributed by atoms with Crippen LogP contribution in [0.15, 0.2) is 76.6 Å². The first-order chi connectivity index (χ1) is 17.3. The van der Waals surface area contributed by atoms with E-state index in [1.54, 1.807) is 42.5 Å². The molecule has 0 spiro atoms. The molecule has 9 heteroatoms. The van der Waals surface area contributed by atoms with Gasteiger partial charge in [0.1, 0.15) is 6.61 Å². The van der Waals surface area contributed by atoms with Gasteiger partial charge in [-0.1, -0.05) is 30.2 Å². The quantitative estimate of drug-likeness (QED) is 0.257. The van der Waals surface area contributed by atoms with E-state index in [1.165, 1.54) is 18.3 Å². The largest absolute Gasteiger partial charge is 0.490 e. The fourth-order valence-electron chi connectivity index (χ4n) is 3.49. The van der Waals surface area contributed by atoms with Crippen molar-refractivity contribution in [3.05, 3.63) is 88.2 Å². The Morgan fingerprint density at radius 3 is 2.61 bits per heavy atom. The molecule has 0 N–H and O–H groups in total. The third-order valence-electron chi connectivity index (χ3n) is 5.10. The van der Waals surface area contributed by atoms with Crippen molar-refractivity contribution in [2.45, 2.75) is 13.1 Å². The molecule has 36 heavy (non-hydrogen) atoms.